The Bertz CT molecular complexity index is 1040. The maximum absolute atomic E-state index is 12.8. The molecule has 2 amide bonds. The highest BCUT2D eigenvalue weighted by atomic mass is 16.4. The van der Waals surface area contributed by atoms with Crippen LogP contribution >= 0.6 is 0 Å². The lowest BCUT2D eigenvalue weighted by atomic mass is 9.94. The summed E-state index contributed by atoms with van der Waals surface area (Å²) in [6.45, 7) is -0.810. The highest BCUT2D eigenvalue weighted by Gasteiger charge is 2.33. The lowest BCUT2D eigenvalue weighted by Crippen LogP contribution is -2.39. The topological polar surface area (TPSA) is 126 Å². The number of rotatable bonds is 5. The minimum Gasteiger partial charge on any atom is -0.480 e. The molecule has 3 aromatic rings. The second-order valence-electron chi connectivity index (χ2n) is 6.13. The van der Waals surface area contributed by atoms with Gasteiger partial charge < -0.3 is 10.2 Å². The molecule has 1 aliphatic rings. The van der Waals surface area contributed by atoms with Gasteiger partial charge in [0.2, 0.25) is 0 Å². The van der Waals surface area contributed by atoms with Crippen LogP contribution in [0.4, 0.5) is 0 Å². The van der Waals surface area contributed by atoms with Gasteiger partial charge in [-0.15, -0.1) is 5.10 Å². The molecule has 136 valence electrons. The second kappa shape index (κ2) is 6.29. The summed E-state index contributed by atoms with van der Waals surface area (Å²) in [6.07, 6.45) is 1.30. The first-order valence-corrected chi connectivity index (χ1v) is 8.13. The first kappa shape index (κ1) is 16.9. The minimum atomic E-state index is -1.28. The zero-order valence-electron chi connectivity index (χ0n) is 13.9. The molecular weight excluding hydrogens is 352 g/mol. The van der Waals surface area contributed by atoms with E-state index >= 15 is 0 Å². The largest absolute Gasteiger partial charge is 0.480 e. The summed E-state index contributed by atoms with van der Waals surface area (Å²) < 4.78 is 0.991. The molecule has 0 spiro atoms. The van der Waals surface area contributed by atoms with Crippen LogP contribution in [0.5, 0.6) is 0 Å². The van der Waals surface area contributed by atoms with Crippen LogP contribution in [0.15, 0.2) is 42.6 Å². The number of nitrogens with zero attached hydrogens (tertiary/aromatic N) is 4. The van der Waals surface area contributed by atoms with Crippen molar-refractivity contribution in [3.8, 4) is 0 Å². The smallest absolute Gasteiger partial charge is 0.330 e. The van der Waals surface area contributed by atoms with Crippen molar-refractivity contribution in [3.63, 3.8) is 0 Å². The molecule has 0 saturated carbocycles. The minimum absolute atomic E-state index is 0.153. The number of carbonyl (C=O) groups excluding carboxylic acids is 2. The van der Waals surface area contributed by atoms with Gasteiger partial charge in [0.1, 0.15) is 5.69 Å². The average Bonchev–Trinajstić information content (AvgIpc) is 3.11. The Morgan fingerprint density at radius 3 is 2.26 bits per heavy atom. The number of carboxylic acids is 1. The van der Waals surface area contributed by atoms with Gasteiger partial charge in [0, 0.05) is 16.5 Å². The van der Waals surface area contributed by atoms with E-state index in [-0.39, 0.29) is 12.2 Å². The molecule has 0 saturated heterocycles. The van der Waals surface area contributed by atoms with Gasteiger partial charge in [-0.1, -0.05) is 29.5 Å². The average molecular weight is 366 g/mol. The molecular formula is C18H14N4O5. The summed E-state index contributed by atoms with van der Waals surface area (Å²) in [6, 6.07) is 9.22. The molecule has 0 radical (unpaired) electrons. The Morgan fingerprint density at radius 2 is 1.70 bits per heavy atom. The lowest BCUT2D eigenvalue weighted by molar-refractivity contribution is -0.142. The summed E-state index contributed by atoms with van der Waals surface area (Å²) in [5.74, 6) is -2.16. The van der Waals surface area contributed by atoms with Gasteiger partial charge in [-0.05, 0) is 17.5 Å². The van der Waals surface area contributed by atoms with Crippen molar-refractivity contribution in [1.82, 2.24) is 19.9 Å². The number of benzene rings is 2. The van der Waals surface area contributed by atoms with Gasteiger partial charge in [0.25, 0.3) is 11.8 Å². The highest BCUT2D eigenvalue weighted by Crippen LogP contribution is 2.30. The van der Waals surface area contributed by atoms with Crippen LogP contribution in [0, 0.1) is 0 Å². The SMILES string of the molecule is O=C(O)[C@H](CO)n1cc(CN2C(=O)c3cccc4cccc(c34)C2=O)nn1. The van der Waals surface area contributed by atoms with E-state index in [2.05, 4.69) is 10.3 Å². The first-order chi connectivity index (χ1) is 13.0. The van der Waals surface area contributed by atoms with E-state index in [1.54, 1.807) is 24.3 Å². The van der Waals surface area contributed by atoms with Crippen LogP contribution in [-0.2, 0) is 11.3 Å². The Balaban J connectivity index is 1.68. The van der Waals surface area contributed by atoms with E-state index < -0.39 is 30.4 Å². The van der Waals surface area contributed by atoms with Crippen molar-refractivity contribution in [1.29, 1.82) is 0 Å². The van der Waals surface area contributed by atoms with Gasteiger partial charge in [0.15, 0.2) is 6.04 Å². The van der Waals surface area contributed by atoms with Crippen LogP contribution < -0.4 is 0 Å². The molecule has 9 heteroatoms. The molecule has 1 aliphatic heterocycles. The van der Waals surface area contributed by atoms with E-state index in [0.29, 0.717) is 16.5 Å². The molecule has 2 aromatic carbocycles. The Morgan fingerprint density at radius 1 is 1.07 bits per heavy atom. The van der Waals surface area contributed by atoms with Gasteiger partial charge >= 0.3 is 5.97 Å². The summed E-state index contributed by atoms with van der Waals surface area (Å²) in [5, 5.41) is 27.2. The van der Waals surface area contributed by atoms with Crippen molar-refractivity contribution in [2.24, 2.45) is 0 Å². The van der Waals surface area contributed by atoms with Crippen molar-refractivity contribution >= 4 is 28.6 Å². The Kier molecular flexibility index (Phi) is 3.93. The third-order valence-electron chi connectivity index (χ3n) is 4.51. The molecule has 9 nitrogen and oxygen atoms in total. The van der Waals surface area contributed by atoms with Gasteiger partial charge in [0.05, 0.1) is 19.3 Å². The number of aliphatic hydroxyl groups excluding tert-OH is 1. The van der Waals surface area contributed by atoms with Crippen LogP contribution in [-0.4, -0.2) is 54.5 Å². The lowest BCUT2D eigenvalue weighted by Gasteiger charge is -2.26. The van der Waals surface area contributed by atoms with Crippen LogP contribution in [0.3, 0.4) is 0 Å². The maximum Gasteiger partial charge on any atom is 0.330 e. The Hall–Kier alpha value is -3.59. The van der Waals surface area contributed by atoms with Gasteiger partial charge in [-0.25, -0.2) is 9.48 Å². The fourth-order valence-corrected chi connectivity index (χ4v) is 3.20. The predicted molar refractivity (Wildman–Crippen MR) is 91.9 cm³/mol. The molecule has 0 bridgehead atoms. The molecule has 4 rings (SSSR count). The summed E-state index contributed by atoms with van der Waals surface area (Å²) in [7, 11) is 0. The van der Waals surface area contributed by atoms with E-state index in [1.807, 2.05) is 12.1 Å². The molecule has 0 unspecified atom stereocenters. The van der Waals surface area contributed by atoms with Gasteiger partial charge in [-0.3, -0.25) is 14.5 Å². The van der Waals surface area contributed by atoms with Crippen molar-refractivity contribution in [3.05, 3.63) is 59.4 Å². The third kappa shape index (κ3) is 2.64. The number of carbonyl (C=O) groups is 3. The standard InChI is InChI=1S/C18H14N4O5/c23-9-14(18(26)27)22-8-11(19-20-22)7-21-16(24)12-5-1-3-10-4-2-6-13(15(10)12)17(21)25/h1-6,8,14,23H,7,9H2,(H,26,27)/t14-/m0/s1. The summed E-state index contributed by atoms with van der Waals surface area (Å²) in [4.78, 5) is 37.8. The predicted octanol–water partition coefficient (Wildman–Crippen LogP) is 0.845. The Labute approximate surface area is 152 Å². The fourth-order valence-electron chi connectivity index (χ4n) is 3.20. The number of aliphatic hydroxyl groups is 1. The van der Waals surface area contributed by atoms with E-state index in [4.69, 9.17) is 5.11 Å². The number of carboxylic acid groups (broad SMARTS) is 1. The second-order valence-corrected chi connectivity index (χ2v) is 6.13. The number of imide groups is 1. The van der Waals surface area contributed by atoms with E-state index in [0.717, 1.165) is 15.0 Å². The van der Waals surface area contributed by atoms with Gasteiger partial charge in [-0.2, -0.15) is 0 Å². The first-order valence-electron chi connectivity index (χ1n) is 8.13. The normalized spacial score (nSPS) is 14.6. The van der Waals surface area contributed by atoms with Crippen LogP contribution in [0.25, 0.3) is 10.8 Å². The van der Waals surface area contributed by atoms with Crippen LogP contribution in [0.1, 0.15) is 32.5 Å². The number of amides is 2. The molecule has 27 heavy (non-hydrogen) atoms. The highest BCUT2D eigenvalue weighted by molar-refractivity contribution is 6.25. The molecule has 2 heterocycles. The third-order valence-corrected chi connectivity index (χ3v) is 4.51. The van der Waals surface area contributed by atoms with Crippen molar-refractivity contribution in [2.45, 2.75) is 12.6 Å². The number of hydrogen-bond donors (Lipinski definition) is 2. The molecule has 0 fully saturated rings. The maximum atomic E-state index is 12.8. The monoisotopic (exact) mass is 366 g/mol. The number of hydrogen-bond acceptors (Lipinski definition) is 6. The quantitative estimate of drug-likeness (QED) is 0.641. The summed E-state index contributed by atoms with van der Waals surface area (Å²) in [5.41, 5.74) is 1.09. The molecule has 1 atom stereocenters. The number of aromatic nitrogens is 3. The van der Waals surface area contributed by atoms with Crippen molar-refractivity contribution < 1.29 is 24.6 Å². The van der Waals surface area contributed by atoms with Crippen molar-refractivity contribution in [2.75, 3.05) is 6.61 Å². The summed E-state index contributed by atoms with van der Waals surface area (Å²) >= 11 is 0. The molecule has 2 N–H and O–H groups in total. The van der Waals surface area contributed by atoms with E-state index in [1.165, 1.54) is 6.20 Å². The zero-order valence-corrected chi connectivity index (χ0v) is 13.9. The zero-order chi connectivity index (χ0) is 19.1. The van der Waals surface area contributed by atoms with Crippen LogP contribution in [0.2, 0.25) is 0 Å². The number of aliphatic carboxylic acids is 1. The van der Waals surface area contributed by atoms with E-state index in [9.17, 15) is 19.5 Å². The molecule has 1 aromatic heterocycles. The fraction of sp³-hybridized carbons (Fsp3) is 0.167. The molecule has 0 aliphatic carbocycles.